The average molecular weight is 182 g/mol. The van der Waals surface area contributed by atoms with E-state index in [-0.39, 0.29) is 5.75 Å². The molecule has 2 aliphatic heterocycles. The van der Waals surface area contributed by atoms with Crippen LogP contribution in [-0.2, 0) is 9.84 Å². The molecular formula is C8H8NO2S. The molecular weight excluding hydrogens is 174 g/mol. The van der Waals surface area contributed by atoms with E-state index in [2.05, 4.69) is 11.4 Å². The number of rotatable bonds is 0. The zero-order chi connectivity index (χ0) is 8.60. The van der Waals surface area contributed by atoms with Crippen LogP contribution in [0.3, 0.4) is 0 Å². The van der Waals surface area contributed by atoms with Crippen LogP contribution in [0.1, 0.15) is 0 Å². The highest BCUT2D eigenvalue weighted by atomic mass is 32.2. The average Bonchev–Trinajstić information content (AvgIpc) is 2.02. The van der Waals surface area contributed by atoms with Crippen molar-refractivity contribution in [2.75, 3.05) is 12.3 Å². The zero-order valence-corrected chi connectivity index (χ0v) is 7.19. The van der Waals surface area contributed by atoms with Gasteiger partial charge in [-0.25, -0.2) is 8.42 Å². The molecule has 2 aliphatic rings. The fraction of sp³-hybridized carbons (Fsp3) is 0.250. The third-order valence-corrected chi connectivity index (χ3v) is 2.97. The summed E-state index contributed by atoms with van der Waals surface area (Å²) in [4.78, 5) is 0. The molecule has 12 heavy (non-hydrogen) atoms. The monoisotopic (exact) mass is 182 g/mol. The fourth-order valence-corrected chi connectivity index (χ4v) is 2.28. The third kappa shape index (κ3) is 1.30. The third-order valence-electron chi connectivity index (χ3n) is 1.78. The molecule has 0 aliphatic carbocycles. The quantitative estimate of drug-likeness (QED) is 0.580. The Kier molecular flexibility index (Phi) is 1.58. The molecule has 0 amide bonds. The largest absolute Gasteiger partial charge is 0.381 e. The Balaban J connectivity index is 2.42. The predicted octanol–water partition coefficient (Wildman–Crippen LogP) is 0.145. The summed E-state index contributed by atoms with van der Waals surface area (Å²) in [6.45, 7) is 0.750. The van der Waals surface area contributed by atoms with Gasteiger partial charge in [-0.3, -0.25) is 0 Å². The van der Waals surface area contributed by atoms with Crippen molar-refractivity contribution in [3.8, 4) is 0 Å². The molecule has 0 aromatic rings. The molecule has 0 atom stereocenters. The van der Waals surface area contributed by atoms with Crippen molar-refractivity contribution in [2.24, 2.45) is 0 Å². The molecule has 0 spiro atoms. The van der Waals surface area contributed by atoms with E-state index in [1.807, 2.05) is 12.2 Å². The first-order valence-corrected chi connectivity index (χ1v) is 5.35. The minimum atomic E-state index is -3.04. The Morgan fingerprint density at radius 3 is 3.17 bits per heavy atom. The van der Waals surface area contributed by atoms with Crippen LogP contribution in [-0.4, -0.2) is 20.7 Å². The maximum absolute atomic E-state index is 11.1. The van der Waals surface area contributed by atoms with Gasteiger partial charge in [-0.15, -0.1) is 0 Å². The summed E-state index contributed by atoms with van der Waals surface area (Å²) in [7, 11) is -3.04. The molecule has 0 aromatic heterocycles. The van der Waals surface area contributed by atoms with Gasteiger partial charge in [0.25, 0.3) is 0 Å². The number of nitrogens with one attached hydrogen (secondary N) is 1. The number of hydrogen-bond donors (Lipinski definition) is 1. The summed E-state index contributed by atoms with van der Waals surface area (Å²) >= 11 is 0. The lowest BCUT2D eigenvalue weighted by molar-refractivity contribution is 0.605. The molecule has 0 saturated heterocycles. The second-order valence-corrected chi connectivity index (χ2v) is 4.60. The lowest BCUT2D eigenvalue weighted by atomic mass is 10.1. The van der Waals surface area contributed by atoms with E-state index in [9.17, 15) is 8.42 Å². The summed E-state index contributed by atoms with van der Waals surface area (Å²) in [6, 6.07) is 0. The van der Waals surface area contributed by atoms with E-state index < -0.39 is 9.84 Å². The van der Waals surface area contributed by atoms with E-state index >= 15 is 0 Å². The van der Waals surface area contributed by atoms with Gasteiger partial charge in [0.2, 0.25) is 0 Å². The van der Waals surface area contributed by atoms with Gasteiger partial charge < -0.3 is 5.32 Å². The van der Waals surface area contributed by atoms with Crippen molar-refractivity contribution in [1.29, 1.82) is 0 Å². The van der Waals surface area contributed by atoms with Crippen LogP contribution in [0.15, 0.2) is 28.8 Å². The summed E-state index contributed by atoms with van der Waals surface area (Å²) in [5, 5.41) is 4.18. The highest BCUT2D eigenvalue weighted by Gasteiger charge is 2.18. The maximum atomic E-state index is 11.1. The summed E-state index contributed by atoms with van der Waals surface area (Å²) in [6.07, 6.45) is 6.46. The van der Waals surface area contributed by atoms with E-state index in [0.29, 0.717) is 0 Å². The first-order chi connectivity index (χ1) is 5.67. The van der Waals surface area contributed by atoms with Gasteiger partial charge in [0.15, 0.2) is 9.84 Å². The first-order valence-electron chi connectivity index (χ1n) is 3.63. The molecule has 4 heteroatoms. The van der Waals surface area contributed by atoms with Gasteiger partial charge in [0.1, 0.15) is 0 Å². The molecule has 0 saturated carbocycles. The van der Waals surface area contributed by atoms with Crippen molar-refractivity contribution < 1.29 is 8.42 Å². The lowest BCUT2D eigenvalue weighted by Gasteiger charge is -2.17. The standard InChI is InChI=1S/C8H8NO2S/c10-12(11)5-3-8-7(6-12)2-1-4-9-8/h1-2,5,9H,4,6H2. The first kappa shape index (κ1) is 7.61. The minimum absolute atomic E-state index is 0.0961. The Morgan fingerprint density at radius 1 is 1.50 bits per heavy atom. The highest BCUT2D eigenvalue weighted by molar-refractivity contribution is 7.94. The molecule has 0 bridgehead atoms. The Bertz CT molecular complexity index is 387. The number of dihydropyridines is 1. The SMILES string of the molecule is O=S1(=O)C=[C]C2=C(C=CCN2)C1. The Labute approximate surface area is 71.4 Å². The lowest BCUT2D eigenvalue weighted by Crippen LogP contribution is -2.23. The van der Waals surface area contributed by atoms with Crippen LogP contribution in [0.5, 0.6) is 0 Å². The molecule has 63 valence electrons. The van der Waals surface area contributed by atoms with Crippen molar-refractivity contribution >= 4 is 9.84 Å². The van der Waals surface area contributed by atoms with Gasteiger partial charge >= 0.3 is 0 Å². The summed E-state index contributed by atoms with van der Waals surface area (Å²) < 4.78 is 22.2. The molecule has 0 aromatic carbocycles. The van der Waals surface area contributed by atoms with Gasteiger partial charge in [0.05, 0.1) is 5.75 Å². The second-order valence-electron chi connectivity index (χ2n) is 2.75. The van der Waals surface area contributed by atoms with Gasteiger partial charge in [-0.2, -0.15) is 0 Å². The van der Waals surface area contributed by atoms with E-state index in [1.54, 1.807) is 0 Å². The molecule has 1 N–H and O–H groups in total. The smallest absolute Gasteiger partial charge is 0.176 e. The van der Waals surface area contributed by atoms with Crippen LogP contribution >= 0.6 is 0 Å². The molecule has 0 unspecified atom stereocenters. The van der Waals surface area contributed by atoms with E-state index in [0.717, 1.165) is 23.2 Å². The second kappa shape index (κ2) is 2.48. The van der Waals surface area contributed by atoms with Crippen molar-refractivity contribution in [3.63, 3.8) is 0 Å². The van der Waals surface area contributed by atoms with Crippen LogP contribution < -0.4 is 5.32 Å². The topological polar surface area (TPSA) is 46.2 Å². The minimum Gasteiger partial charge on any atom is -0.381 e. The van der Waals surface area contributed by atoms with Gasteiger partial charge in [-0.05, 0) is 5.57 Å². The Morgan fingerprint density at radius 2 is 2.33 bits per heavy atom. The van der Waals surface area contributed by atoms with E-state index in [1.165, 1.54) is 0 Å². The summed E-state index contributed by atoms with van der Waals surface area (Å²) in [5.41, 5.74) is 1.62. The maximum Gasteiger partial charge on any atom is 0.176 e. The highest BCUT2D eigenvalue weighted by Crippen LogP contribution is 2.17. The number of hydrogen-bond acceptors (Lipinski definition) is 3. The molecule has 1 radical (unpaired) electrons. The normalized spacial score (nSPS) is 25.0. The number of sulfone groups is 1. The van der Waals surface area contributed by atoms with Crippen LogP contribution in [0.2, 0.25) is 0 Å². The van der Waals surface area contributed by atoms with Gasteiger partial charge in [-0.1, -0.05) is 12.2 Å². The molecule has 2 rings (SSSR count). The predicted molar refractivity (Wildman–Crippen MR) is 45.8 cm³/mol. The summed E-state index contributed by atoms with van der Waals surface area (Å²) in [5.74, 6) is 0.0961. The molecule has 3 nitrogen and oxygen atoms in total. The fourth-order valence-electron chi connectivity index (χ4n) is 1.23. The van der Waals surface area contributed by atoms with Gasteiger partial charge in [0, 0.05) is 23.7 Å². The van der Waals surface area contributed by atoms with Crippen LogP contribution in [0, 0.1) is 6.08 Å². The van der Waals surface area contributed by atoms with Crippen LogP contribution in [0.25, 0.3) is 0 Å². The molecule has 0 fully saturated rings. The zero-order valence-electron chi connectivity index (χ0n) is 6.37. The van der Waals surface area contributed by atoms with Crippen molar-refractivity contribution in [3.05, 3.63) is 34.9 Å². The Hall–Kier alpha value is -1.03. The van der Waals surface area contributed by atoms with Crippen molar-refractivity contribution in [2.45, 2.75) is 0 Å². The molecule has 2 heterocycles. The van der Waals surface area contributed by atoms with E-state index in [4.69, 9.17) is 0 Å². The number of allylic oxidation sites excluding steroid dienone is 2. The van der Waals surface area contributed by atoms with Crippen LogP contribution in [0.4, 0.5) is 0 Å². The van der Waals surface area contributed by atoms with Crippen molar-refractivity contribution in [1.82, 2.24) is 5.32 Å².